The second kappa shape index (κ2) is 6.34. The second-order valence-corrected chi connectivity index (χ2v) is 7.53. The summed E-state index contributed by atoms with van der Waals surface area (Å²) in [4.78, 5) is 26.4. The van der Waals surface area contributed by atoms with E-state index in [4.69, 9.17) is 0 Å². The van der Waals surface area contributed by atoms with E-state index in [-0.39, 0.29) is 29.2 Å². The van der Waals surface area contributed by atoms with Gasteiger partial charge in [0.25, 0.3) is 0 Å². The van der Waals surface area contributed by atoms with Gasteiger partial charge in [-0.05, 0) is 31.8 Å². The molecular weight excluding hydrogens is 266 g/mol. The Hall–Kier alpha value is -1.10. The van der Waals surface area contributed by atoms with Crippen LogP contribution in [-0.2, 0) is 9.59 Å². The number of piperidine rings is 1. The van der Waals surface area contributed by atoms with Crippen LogP contribution in [0.25, 0.3) is 0 Å². The SMILES string of the molecule is CC(C(=O)NC1CCN(C(=O)C(C)(C)C)CC1)C1CNC1. The Kier molecular flexibility index (Phi) is 4.91. The van der Waals surface area contributed by atoms with Crippen LogP contribution in [0, 0.1) is 17.3 Å². The van der Waals surface area contributed by atoms with Gasteiger partial charge >= 0.3 is 0 Å². The third-order valence-electron chi connectivity index (χ3n) is 4.70. The molecule has 0 spiro atoms. The molecule has 0 bridgehead atoms. The van der Waals surface area contributed by atoms with Gasteiger partial charge in [0.15, 0.2) is 0 Å². The molecule has 0 radical (unpaired) electrons. The lowest BCUT2D eigenvalue weighted by atomic mass is 9.88. The lowest BCUT2D eigenvalue weighted by molar-refractivity contribution is -0.140. The van der Waals surface area contributed by atoms with Gasteiger partial charge in [0.05, 0.1) is 0 Å². The average Bonchev–Trinajstić information content (AvgIpc) is 2.35. The molecule has 0 saturated carbocycles. The van der Waals surface area contributed by atoms with Crippen molar-refractivity contribution >= 4 is 11.8 Å². The maximum absolute atomic E-state index is 12.2. The Labute approximate surface area is 127 Å². The fourth-order valence-electron chi connectivity index (χ4n) is 2.91. The molecular formula is C16H29N3O2. The number of carbonyl (C=O) groups excluding carboxylic acids is 2. The summed E-state index contributed by atoms with van der Waals surface area (Å²) < 4.78 is 0. The van der Waals surface area contributed by atoms with Crippen molar-refractivity contribution in [1.29, 1.82) is 0 Å². The molecule has 21 heavy (non-hydrogen) atoms. The molecule has 2 heterocycles. The first-order chi connectivity index (χ1) is 9.79. The summed E-state index contributed by atoms with van der Waals surface area (Å²) in [5.74, 6) is 0.941. The summed E-state index contributed by atoms with van der Waals surface area (Å²) in [7, 11) is 0. The summed E-state index contributed by atoms with van der Waals surface area (Å²) in [6.07, 6.45) is 1.73. The monoisotopic (exact) mass is 295 g/mol. The van der Waals surface area contributed by atoms with E-state index in [2.05, 4.69) is 10.6 Å². The van der Waals surface area contributed by atoms with E-state index in [1.807, 2.05) is 32.6 Å². The highest BCUT2D eigenvalue weighted by Crippen LogP contribution is 2.22. The molecule has 2 rings (SSSR count). The number of carbonyl (C=O) groups is 2. The third-order valence-corrected chi connectivity index (χ3v) is 4.70. The van der Waals surface area contributed by atoms with E-state index >= 15 is 0 Å². The standard InChI is InChI=1S/C16H29N3O2/c1-11(12-9-17-10-12)14(20)18-13-5-7-19(8-6-13)15(21)16(2,3)4/h11-13,17H,5-10H2,1-4H3,(H,18,20). The average molecular weight is 295 g/mol. The van der Waals surface area contributed by atoms with Crippen LogP contribution in [0.3, 0.4) is 0 Å². The molecule has 0 aromatic carbocycles. The van der Waals surface area contributed by atoms with Crippen molar-refractivity contribution in [1.82, 2.24) is 15.5 Å². The van der Waals surface area contributed by atoms with Crippen molar-refractivity contribution in [2.45, 2.75) is 46.6 Å². The lowest BCUT2D eigenvalue weighted by Gasteiger charge is -2.37. The van der Waals surface area contributed by atoms with Crippen LogP contribution in [0.2, 0.25) is 0 Å². The second-order valence-electron chi connectivity index (χ2n) is 7.53. The third kappa shape index (κ3) is 3.96. The quantitative estimate of drug-likeness (QED) is 0.816. The first-order valence-electron chi connectivity index (χ1n) is 8.09. The molecule has 2 aliphatic heterocycles. The molecule has 2 amide bonds. The van der Waals surface area contributed by atoms with Crippen LogP contribution < -0.4 is 10.6 Å². The maximum atomic E-state index is 12.2. The molecule has 2 saturated heterocycles. The fraction of sp³-hybridized carbons (Fsp3) is 0.875. The zero-order valence-electron chi connectivity index (χ0n) is 13.7. The van der Waals surface area contributed by atoms with Gasteiger partial charge in [-0.2, -0.15) is 0 Å². The van der Waals surface area contributed by atoms with E-state index in [1.165, 1.54) is 0 Å². The number of likely N-dealkylation sites (tertiary alicyclic amines) is 1. The highest BCUT2D eigenvalue weighted by atomic mass is 16.2. The molecule has 0 aromatic heterocycles. The maximum Gasteiger partial charge on any atom is 0.227 e. The first-order valence-corrected chi connectivity index (χ1v) is 8.09. The van der Waals surface area contributed by atoms with E-state index in [9.17, 15) is 9.59 Å². The fourth-order valence-corrected chi connectivity index (χ4v) is 2.91. The minimum atomic E-state index is -0.318. The zero-order valence-corrected chi connectivity index (χ0v) is 13.7. The minimum absolute atomic E-state index is 0.0838. The van der Waals surface area contributed by atoms with Gasteiger partial charge in [-0.15, -0.1) is 0 Å². The van der Waals surface area contributed by atoms with Crippen LogP contribution in [0.1, 0.15) is 40.5 Å². The van der Waals surface area contributed by atoms with Crippen LogP contribution in [0.4, 0.5) is 0 Å². The molecule has 0 aliphatic carbocycles. The number of nitrogens with one attached hydrogen (secondary N) is 2. The zero-order chi connectivity index (χ0) is 15.6. The molecule has 2 N–H and O–H groups in total. The van der Waals surface area contributed by atoms with Crippen LogP contribution in [0.15, 0.2) is 0 Å². The molecule has 5 heteroatoms. The molecule has 120 valence electrons. The predicted octanol–water partition coefficient (Wildman–Crippen LogP) is 0.995. The van der Waals surface area contributed by atoms with Crippen LogP contribution in [-0.4, -0.2) is 48.9 Å². The van der Waals surface area contributed by atoms with Gasteiger partial charge in [-0.3, -0.25) is 9.59 Å². The molecule has 2 fully saturated rings. The van der Waals surface area contributed by atoms with E-state index in [0.717, 1.165) is 39.0 Å². The van der Waals surface area contributed by atoms with Crippen molar-refractivity contribution in [2.75, 3.05) is 26.2 Å². The molecule has 5 nitrogen and oxygen atoms in total. The van der Waals surface area contributed by atoms with Gasteiger partial charge in [-0.25, -0.2) is 0 Å². The van der Waals surface area contributed by atoms with Crippen molar-refractivity contribution in [3.8, 4) is 0 Å². The first kappa shape index (κ1) is 16.3. The Balaban J connectivity index is 1.76. The molecule has 1 atom stereocenters. The summed E-state index contributed by atoms with van der Waals surface area (Å²) >= 11 is 0. The van der Waals surface area contributed by atoms with Crippen LogP contribution >= 0.6 is 0 Å². The predicted molar refractivity (Wildman–Crippen MR) is 82.7 cm³/mol. The smallest absolute Gasteiger partial charge is 0.227 e. The number of amides is 2. The number of hydrogen-bond donors (Lipinski definition) is 2. The Morgan fingerprint density at radius 2 is 1.76 bits per heavy atom. The van der Waals surface area contributed by atoms with Gasteiger partial charge in [0.1, 0.15) is 0 Å². The largest absolute Gasteiger partial charge is 0.353 e. The Morgan fingerprint density at radius 1 is 1.19 bits per heavy atom. The van der Waals surface area contributed by atoms with E-state index in [0.29, 0.717) is 5.92 Å². The van der Waals surface area contributed by atoms with Gasteiger partial charge < -0.3 is 15.5 Å². The van der Waals surface area contributed by atoms with Crippen molar-refractivity contribution in [2.24, 2.45) is 17.3 Å². The Morgan fingerprint density at radius 3 is 2.19 bits per heavy atom. The van der Waals surface area contributed by atoms with Crippen LogP contribution in [0.5, 0.6) is 0 Å². The summed E-state index contributed by atoms with van der Waals surface area (Å²) in [6, 6.07) is 0.219. The Bertz CT molecular complexity index is 391. The van der Waals surface area contributed by atoms with Gasteiger partial charge in [-0.1, -0.05) is 27.7 Å². The van der Waals surface area contributed by atoms with Crippen molar-refractivity contribution < 1.29 is 9.59 Å². The molecule has 2 aliphatic rings. The molecule has 0 aromatic rings. The normalized spacial score (nSPS) is 22.6. The lowest BCUT2D eigenvalue weighted by Crippen LogP contribution is -2.53. The van der Waals surface area contributed by atoms with Gasteiger partial charge in [0, 0.05) is 30.5 Å². The highest BCUT2D eigenvalue weighted by Gasteiger charge is 2.33. The summed E-state index contributed by atoms with van der Waals surface area (Å²) in [5, 5.41) is 6.37. The van der Waals surface area contributed by atoms with Crippen molar-refractivity contribution in [3.05, 3.63) is 0 Å². The van der Waals surface area contributed by atoms with Gasteiger partial charge in [0.2, 0.25) is 11.8 Å². The number of nitrogens with zero attached hydrogens (tertiary/aromatic N) is 1. The number of hydrogen-bond acceptors (Lipinski definition) is 3. The minimum Gasteiger partial charge on any atom is -0.353 e. The summed E-state index contributed by atoms with van der Waals surface area (Å²) in [5.41, 5.74) is -0.318. The highest BCUT2D eigenvalue weighted by molar-refractivity contribution is 5.82. The topological polar surface area (TPSA) is 61.4 Å². The van der Waals surface area contributed by atoms with E-state index < -0.39 is 0 Å². The van der Waals surface area contributed by atoms with Crippen molar-refractivity contribution in [3.63, 3.8) is 0 Å². The molecule has 1 unspecified atom stereocenters. The number of rotatable bonds is 3. The van der Waals surface area contributed by atoms with E-state index in [1.54, 1.807) is 0 Å². The summed E-state index contributed by atoms with van der Waals surface area (Å²) in [6.45, 7) is 11.3.